The Labute approximate surface area is 109 Å². The molecule has 1 heterocycles. The van der Waals surface area contributed by atoms with E-state index in [0.717, 1.165) is 29.2 Å². The van der Waals surface area contributed by atoms with Gasteiger partial charge >= 0.3 is 5.97 Å². The van der Waals surface area contributed by atoms with Crippen molar-refractivity contribution in [1.82, 2.24) is 4.98 Å². The van der Waals surface area contributed by atoms with Crippen LogP contribution < -0.4 is 0 Å². The second-order valence-corrected chi connectivity index (χ2v) is 5.19. The van der Waals surface area contributed by atoms with Crippen molar-refractivity contribution in [2.24, 2.45) is 0 Å². The Morgan fingerprint density at radius 1 is 1.44 bits per heavy atom. The number of benzene rings is 1. The molecule has 2 rings (SSSR count). The minimum Gasteiger partial charge on any atom is -0.476 e. The van der Waals surface area contributed by atoms with Gasteiger partial charge in [0.25, 0.3) is 0 Å². The van der Waals surface area contributed by atoms with Gasteiger partial charge < -0.3 is 5.11 Å². The van der Waals surface area contributed by atoms with Crippen molar-refractivity contribution >= 4 is 29.1 Å². The summed E-state index contributed by atoms with van der Waals surface area (Å²) >= 11 is 2.17. The molecule has 0 aliphatic carbocycles. The van der Waals surface area contributed by atoms with Crippen molar-refractivity contribution < 1.29 is 18.7 Å². The summed E-state index contributed by atoms with van der Waals surface area (Å²) in [6.45, 7) is 0. The Balaban J connectivity index is 2.04. The predicted molar refractivity (Wildman–Crippen MR) is 65.0 cm³/mol. The third-order valence-corrected chi connectivity index (χ3v) is 3.97. The molecule has 0 aliphatic rings. The van der Waals surface area contributed by atoms with Crippen LogP contribution in [0.15, 0.2) is 28.5 Å². The number of carboxylic acids is 1. The number of thioether (sulfide) groups is 1. The topological polar surface area (TPSA) is 50.2 Å². The van der Waals surface area contributed by atoms with Crippen molar-refractivity contribution in [3.05, 3.63) is 45.9 Å². The van der Waals surface area contributed by atoms with Crippen LogP contribution >= 0.6 is 23.1 Å². The lowest BCUT2D eigenvalue weighted by Crippen LogP contribution is -1.95. The number of rotatable bonds is 4. The van der Waals surface area contributed by atoms with Crippen LogP contribution in [0, 0.1) is 11.6 Å². The normalized spacial score (nSPS) is 10.6. The molecule has 0 saturated carbocycles. The van der Waals surface area contributed by atoms with Crippen molar-refractivity contribution in [1.29, 1.82) is 0 Å². The second kappa shape index (κ2) is 5.45. The van der Waals surface area contributed by atoms with Crippen LogP contribution in [0.25, 0.3) is 0 Å². The number of carboxylic acid groups (broad SMARTS) is 1. The Bertz CT molecular complexity index is 586. The number of nitrogens with zero attached hydrogens (tertiary/aromatic N) is 1. The van der Waals surface area contributed by atoms with E-state index in [2.05, 4.69) is 4.98 Å². The van der Waals surface area contributed by atoms with Gasteiger partial charge in [0.05, 0.1) is 5.69 Å². The minimum atomic E-state index is -1.08. The molecule has 0 amide bonds. The highest BCUT2D eigenvalue weighted by atomic mass is 32.2. The number of halogens is 2. The first-order chi connectivity index (χ1) is 8.56. The smallest absolute Gasteiger partial charge is 0.365 e. The zero-order valence-electron chi connectivity index (χ0n) is 8.89. The number of carbonyl (C=O) groups is 1. The second-order valence-electron chi connectivity index (χ2n) is 3.31. The van der Waals surface area contributed by atoms with E-state index >= 15 is 0 Å². The molecule has 18 heavy (non-hydrogen) atoms. The zero-order valence-corrected chi connectivity index (χ0v) is 10.5. The number of hydrogen-bond acceptors (Lipinski definition) is 4. The summed E-state index contributed by atoms with van der Waals surface area (Å²) in [5.41, 5.74) is 0.561. The van der Waals surface area contributed by atoms with E-state index in [1.165, 1.54) is 12.1 Å². The lowest BCUT2D eigenvalue weighted by molar-refractivity contribution is 0.0696. The standard InChI is InChI=1S/C11H7F2NO2S2/c12-6-1-2-9(8(13)3-6)17-4-7-5-18-10(14-7)11(15)16/h1-3,5H,4H2,(H,15,16). The molecule has 0 atom stereocenters. The number of thiazole rings is 1. The Kier molecular flexibility index (Phi) is 3.93. The van der Waals surface area contributed by atoms with E-state index in [1.54, 1.807) is 5.38 Å². The van der Waals surface area contributed by atoms with Crippen LogP contribution in [0.2, 0.25) is 0 Å². The molecule has 0 bridgehead atoms. The van der Waals surface area contributed by atoms with E-state index in [4.69, 9.17) is 5.11 Å². The van der Waals surface area contributed by atoms with Crippen molar-refractivity contribution in [3.63, 3.8) is 0 Å². The third kappa shape index (κ3) is 3.05. The third-order valence-electron chi connectivity index (χ3n) is 2.00. The summed E-state index contributed by atoms with van der Waals surface area (Å²) in [6.07, 6.45) is 0. The fourth-order valence-corrected chi connectivity index (χ4v) is 2.79. The fraction of sp³-hybridized carbons (Fsp3) is 0.0909. The fourth-order valence-electron chi connectivity index (χ4n) is 1.22. The first kappa shape index (κ1) is 13.0. The molecular weight excluding hydrogens is 280 g/mol. The van der Waals surface area contributed by atoms with Crippen LogP contribution in [0.3, 0.4) is 0 Å². The molecule has 0 radical (unpaired) electrons. The molecule has 1 aromatic carbocycles. The maximum atomic E-state index is 13.3. The van der Waals surface area contributed by atoms with Gasteiger partial charge in [0.15, 0.2) is 0 Å². The van der Waals surface area contributed by atoms with Gasteiger partial charge in [-0.25, -0.2) is 18.6 Å². The van der Waals surface area contributed by atoms with Gasteiger partial charge in [0, 0.05) is 22.1 Å². The summed E-state index contributed by atoms with van der Waals surface area (Å²) in [7, 11) is 0. The average molecular weight is 287 g/mol. The largest absolute Gasteiger partial charge is 0.476 e. The van der Waals surface area contributed by atoms with Crippen LogP contribution in [0.5, 0.6) is 0 Å². The lowest BCUT2D eigenvalue weighted by Gasteiger charge is -2.01. The first-order valence-electron chi connectivity index (χ1n) is 4.82. The maximum absolute atomic E-state index is 13.3. The van der Waals surface area contributed by atoms with Crippen molar-refractivity contribution in [3.8, 4) is 0 Å². The molecule has 0 fully saturated rings. The van der Waals surface area contributed by atoms with Crippen molar-refractivity contribution in [2.75, 3.05) is 0 Å². The molecule has 1 N–H and O–H groups in total. The van der Waals surface area contributed by atoms with E-state index < -0.39 is 17.6 Å². The van der Waals surface area contributed by atoms with Crippen LogP contribution in [0.4, 0.5) is 8.78 Å². The van der Waals surface area contributed by atoms with Gasteiger partial charge in [-0.05, 0) is 12.1 Å². The van der Waals surface area contributed by atoms with Gasteiger partial charge in [0.2, 0.25) is 5.01 Å². The maximum Gasteiger partial charge on any atom is 0.365 e. The Hall–Kier alpha value is -1.47. The van der Waals surface area contributed by atoms with Gasteiger partial charge in [-0.3, -0.25) is 0 Å². The van der Waals surface area contributed by atoms with Crippen LogP contribution in [-0.2, 0) is 5.75 Å². The molecule has 7 heteroatoms. The quantitative estimate of drug-likeness (QED) is 0.875. The Morgan fingerprint density at radius 3 is 2.83 bits per heavy atom. The van der Waals surface area contributed by atoms with Crippen LogP contribution in [0.1, 0.15) is 15.5 Å². The number of hydrogen-bond donors (Lipinski definition) is 1. The number of aromatic carboxylic acids is 1. The van der Waals surface area contributed by atoms with E-state index in [9.17, 15) is 13.6 Å². The molecule has 0 unspecified atom stereocenters. The summed E-state index contributed by atoms with van der Waals surface area (Å²) in [5, 5.41) is 10.3. The Morgan fingerprint density at radius 2 is 2.22 bits per heavy atom. The van der Waals surface area contributed by atoms with Gasteiger partial charge in [-0.2, -0.15) is 0 Å². The highest BCUT2D eigenvalue weighted by Gasteiger charge is 2.10. The lowest BCUT2D eigenvalue weighted by atomic mass is 10.3. The highest BCUT2D eigenvalue weighted by molar-refractivity contribution is 7.98. The molecule has 0 aliphatic heterocycles. The van der Waals surface area contributed by atoms with E-state index in [-0.39, 0.29) is 5.01 Å². The summed E-state index contributed by atoms with van der Waals surface area (Å²) in [6, 6.07) is 3.33. The highest BCUT2D eigenvalue weighted by Crippen LogP contribution is 2.26. The van der Waals surface area contributed by atoms with Crippen molar-refractivity contribution in [2.45, 2.75) is 10.6 Å². The minimum absolute atomic E-state index is 0.00479. The summed E-state index contributed by atoms with van der Waals surface area (Å²) in [5.74, 6) is -2.00. The van der Waals surface area contributed by atoms with Gasteiger partial charge in [-0.15, -0.1) is 23.1 Å². The van der Waals surface area contributed by atoms with E-state index in [1.807, 2.05) is 0 Å². The van der Waals surface area contributed by atoms with E-state index in [0.29, 0.717) is 16.3 Å². The molecule has 0 saturated heterocycles. The molecular formula is C11H7F2NO2S2. The number of aromatic nitrogens is 1. The monoisotopic (exact) mass is 287 g/mol. The van der Waals surface area contributed by atoms with Gasteiger partial charge in [-0.1, -0.05) is 0 Å². The molecule has 1 aromatic heterocycles. The summed E-state index contributed by atoms with van der Waals surface area (Å²) in [4.78, 5) is 14.8. The predicted octanol–water partition coefficient (Wildman–Crippen LogP) is 3.41. The molecule has 94 valence electrons. The molecule has 3 nitrogen and oxygen atoms in total. The zero-order chi connectivity index (χ0) is 13.1. The van der Waals surface area contributed by atoms with Crippen LogP contribution in [-0.4, -0.2) is 16.1 Å². The summed E-state index contributed by atoms with van der Waals surface area (Å²) < 4.78 is 26.0. The molecule has 2 aromatic rings. The SMILES string of the molecule is O=C(O)c1nc(CSc2ccc(F)cc2F)cs1. The molecule has 0 spiro atoms. The first-order valence-corrected chi connectivity index (χ1v) is 6.68. The average Bonchev–Trinajstić information content (AvgIpc) is 2.76. The van der Waals surface area contributed by atoms with Gasteiger partial charge in [0.1, 0.15) is 11.6 Å².